The Kier molecular flexibility index (Phi) is 7.41. The van der Waals surface area contributed by atoms with Crippen LogP contribution in [-0.2, 0) is 16.1 Å². The largest absolute Gasteiger partial charge is 0.482 e. The molecule has 36 heavy (non-hydrogen) atoms. The van der Waals surface area contributed by atoms with Gasteiger partial charge >= 0.3 is 5.97 Å². The van der Waals surface area contributed by atoms with Crippen LogP contribution in [0.2, 0.25) is 0 Å². The maximum atomic E-state index is 11.5. The van der Waals surface area contributed by atoms with E-state index in [0.29, 0.717) is 19.6 Å². The smallest absolute Gasteiger partial charge is 0.305 e. The second-order valence-corrected chi connectivity index (χ2v) is 9.39. The van der Waals surface area contributed by atoms with Crippen LogP contribution < -0.4 is 10.1 Å². The molecule has 0 amide bonds. The molecule has 8 heteroatoms. The highest BCUT2D eigenvalue weighted by Gasteiger charge is 2.36. The molecular weight excluding hydrogens is 454 g/mol. The van der Waals surface area contributed by atoms with Gasteiger partial charge in [-0.1, -0.05) is 48.9 Å². The summed E-state index contributed by atoms with van der Waals surface area (Å²) in [6.07, 6.45) is 7.32. The van der Waals surface area contributed by atoms with Gasteiger partial charge in [-0.05, 0) is 66.6 Å². The minimum Gasteiger partial charge on any atom is -0.482 e. The number of benzene rings is 2. The fraction of sp³-hybridized carbons (Fsp3) is 0.429. The predicted octanol–water partition coefficient (Wildman–Crippen LogP) is 4.41. The van der Waals surface area contributed by atoms with Crippen molar-refractivity contribution in [3.8, 4) is 17.1 Å². The number of para-hydroxylation sites is 1. The molecule has 8 nitrogen and oxygen atoms in total. The van der Waals surface area contributed by atoms with Gasteiger partial charge in [0.1, 0.15) is 11.4 Å². The third-order valence-electron chi connectivity index (χ3n) is 6.89. The van der Waals surface area contributed by atoms with E-state index in [2.05, 4.69) is 69.4 Å². The third kappa shape index (κ3) is 5.33. The van der Waals surface area contributed by atoms with E-state index in [-0.39, 0.29) is 11.6 Å². The van der Waals surface area contributed by atoms with E-state index >= 15 is 0 Å². The van der Waals surface area contributed by atoms with E-state index in [1.54, 1.807) is 0 Å². The summed E-state index contributed by atoms with van der Waals surface area (Å²) in [5, 5.41) is 15.8. The molecule has 1 fully saturated rings. The lowest BCUT2D eigenvalue weighted by Crippen LogP contribution is -2.46. The molecule has 0 saturated carbocycles. The Morgan fingerprint density at radius 2 is 1.83 bits per heavy atom. The second-order valence-electron chi connectivity index (χ2n) is 9.39. The van der Waals surface area contributed by atoms with E-state index in [4.69, 9.17) is 9.47 Å². The van der Waals surface area contributed by atoms with Crippen LogP contribution in [0, 0.1) is 0 Å². The number of piperidine rings is 1. The Balaban J connectivity index is 1.30. The number of aromatic nitrogens is 4. The molecule has 1 N–H and O–H groups in total. The average Bonchev–Trinajstić information content (AvgIpc) is 3.37. The van der Waals surface area contributed by atoms with Crippen LogP contribution in [0.25, 0.3) is 17.0 Å². The zero-order valence-corrected chi connectivity index (χ0v) is 20.8. The van der Waals surface area contributed by atoms with Gasteiger partial charge in [-0.2, -0.15) is 0 Å². The summed E-state index contributed by atoms with van der Waals surface area (Å²) in [7, 11) is 0. The molecular formula is C28H33N5O3. The molecule has 0 radical (unpaired) electrons. The van der Waals surface area contributed by atoms with Gasteiger partial charge in [0.05, 0.1) is 6.61 Å². The van der Waals surface area contributed by atoms with Crippen molar-refractivity contribution < 1.29 is 14.3 Å². The highest BCUT2D eigenvalue weighted by atomic mass is 16.5. The molecule has 0 bridgehead atoms. The van der Waals surface area contributed by atoms with Crippen LogP contribution in [0.1, 0.15) is 56.6 Å². The Hall–Kier alpha value is -3.52. The lowest BCUT2D eigenvalue weighted by atomic mass is 9.83. The van der Waals surface area contributed by atoms with Crippen molar-refractivity contribution in [3.05, 3.63) is 65.7 Å². The third-order valence-corrected chi connectivity index (χ3v) is 6.89. The van der Waals surface area contributed by atoms with Crippen LogP contribution >= 0.6 is 0 Å². The number of hydrogen-bond acceptors (Lipinski definition) is 7. The van der Waals surface area contributed by atoms with Gasteiger partial charge in [0.15, 0.2) is 5.82 Å². The maximum absolute atomic E-state index is 11.5. The molecule has 188 valence electrons. The number of ether oxygens (including phenoxy) is 2. The Bertz CT molecular complexity index is 1210. The van der Waals surface area contributed by atoms with Gasteiger partial charge in [0.2, 0.25) is 0 Å². The van der Waals surface area contributed by atoms with Crippen LogP contribution in [-0.4, -0.2) is 51.5 Å². The van der Waals surface area contributed by atoms with Crippen LogP contribution in [0.4, 0.5) is 0 Å². The topological polar surface area (TPSA) is 91.2 Å². The van der Waals surface area contributed by atoms with Crippen molar-refractivity contribution in [3.63, 3.8) is 0 Å². The van der Waals surface area contributed by atoms with Crippen molar-refractivity contribution in [1.29, 1.82) is 0 Å². The highest BCUT2D eigenvalue weighted by Crippen LogP contribution is 2.42. The fourth-order valence-electron chi connectivity index (χ4n) is 5.00. The van der Waals surface area contributed by atoms with Crippen molar-refractivity contribution in [1.82, 2.24) is 25.5 Å². The van der Waals surface area contributed by atoms with Gasteiger partial charge < -0.3 is 14.8 Å². The number of aryl methyl sites for hydroxylation is 1. The zero-order valence-electron chi connectivity index (χ0n) is 20.8. The maximum Gasteiger partial charge on any atom is 0.305 e. The average molecular weight is 488 g/mol. The molecule has 2 aliphatic heterocycles. The van der Waals surface area contributed by atoms with Gasteiger partial charge in [0.25, 0.3) is 0 Å². The number of nitrogens with one attached hydrogen (secondary N) is 1. The first-order valence-corrected chi connectivity index (χ1v) is 12.9. The molecule has 0 unspecified atom stereocenters. The zero-order chi connectivity index (χ0) is 24.8. The molecule has 1 aromatic heterocycles. The minimum absolute atomic E-state index is 0.131. The normalized spacial score (nSPS) is 16.2. The summed E-state index contributed by atoms with van der Waals surface area (Å²) in [5.41, 5.74) is 4.22. The molecule has 2 aromatic carbocycles. The summed E-state index contributed by atoms with van der Waals surface area (Å²) < 4.78 is 13.3. The number of carbonyl (C=O) groups is 1. The van der Waals surface area contributed by atoms with Crippen LogP contribution in [0.5, 0.6) is 5.75 Å². The Labute approximate surface area is 211 Å². The number of nitrogens with zero attached hydrogens (tertiary/aromatic N) is 4. The molecule has 0 atom stereocenters. The Morgan fingerprint density at radius 1 is 1.06 bits per heavy atom. The first kappa shape index (κ1) is 24.2. The van der Waals surface area contributed by atoms with Crippen LogP contribution in [0.15, 0.2) is 54.6 Å². The van der Waals surface area contributed by atoms with Crippen molar-refractivity contribution in [2.75, 3.05) is 19.7 Å². The molecule has 3 aromatic rings. The number of esters is 1. The van der Waals surface area contributed by atoms with Crippen molar-refractivity contribution in [2.24, 2.45) is 0 Å². The van der Waals surface area contributed by atoms with Gasteiger partial charge in [-0.3, -0.25) is 4.79 Å². The number of fused-ring (bicyclic) bond motifs is 1. The number of rotatable bonds is 9. The van der Waals surface area contributed by atoms with Crippen molar-refractivity contribution >= 4 is 11.5 Å². The summed E-state index contributed by atoms with van der Waals surface area (Å²) >= 11 is 0. The van der Waals surface area contributed by atoms with Crippen molar-refractivity contribution in [2.45, 2.75) is 57.6 Å². The second kappa shape index (κ2) is 11.0. The van der Waals surface area contributed by atoms with E-state index < -0.39 is 0 Å². The molecule has 3 heterocycles. The summed E-state index contributed by atoms with van der Waals surface area (Å²) in [4.78, 5) is 11.5. The SMILES string of the molecule is CCOC(=O)CCCCCn1nnnc1-c1ccc(C2=CC3(CCNCC3)Oc3ccccc32)cc1. The number of unbranched alkanes of at least 4 members (excludes halogenated alkanes) is 2. The predicted molar refractivity (Wildman–Crippen MR) is 137 cm³/mol. The minimum atomic E-state index is -0.259. The van der Waals surface area contributed by atoms with E-state index in [1.807, 2.05) is 17.7 Å². The lowest BCUT2D eigenvalue weighted by Gasteiger charge is -2.40. The van der Waals surface area contributed by atoms with Crippen LogP contribution in [0.3, 0.4) is 0 Å². The molecule has 2 aliphatic rings. The van der Waals surface area contributed by atoms with Gasteiger partial charge in [-0.25, -0.2) is 4.68 Å². The Morgan fingerprint density at radius 3 is 2.64 bits per heavy atom. The fourth-order valence-corrected chi connectivity index (χ4v) is 5.00. The molecule has 5 rings (SSSR count). The monoisotopic (exact) mass is 487 g/mol. The quantitative estimate of drug-likeness (QED) is 0.353. The van der Waals surface area contributed by atoms with Gasteiger partial charge in [-0.15, -0.1) is 5.10 Å². The number of carbonyl (C=O) groups excluding carboxylic acids is 1. The molecule has 0 aliphatic carbocycles. The standard InChI is InChI=1S/C28H33N5O3/c1-2-35-26(34)10-4-3-7-19-33-27(30-31-32-33)22-13-11-21(12-14-22)24-20-28(15-17-29-18-16-28)36-25-9-6-5-8-23(24)25/h5-6,8-9,11-14,20,29H,2-4,7,10,15-19H2,1H3. The first-order valence-electron chi connectivity index (χ1n) is 12.9. The van der Waals surface area contributed by atoms with E-state index in [0.717, 1.165) is 73.5 Å². The highest BCUT2D eigenvalue weighted by molar-refractivity contribution is 5.85. The lowest BCUT2D eigenvalue weighted by molar-refractivity contribution is -0.143. The summed E-state index contributed by atoms with van der Waals surface area (Å²) in [6.45, 7) is 4.88. The van der Waals surface area contributed by atoms with Gasteiger partial charge in [0, 0.05) is 36.9 Å². The van der Waals surface area contributed by atoms with E-state index in [1.165, 1.54) is 5.57 Å². The summed E-state index contributed by atoms with van der Waals surface area (Å²) in [5.74, 6) is 1.57. The first-order chi connectivity index (χ1) is 17.7. The summed E-state index contributed by atoms with van der Waals surface area (Å²) in [6, 6.07) is 16.8. The number of tetrazole rings is 1. The molecule has 1 saturated heterocycles. The number of hydrogen-bond donors (Lipinski definition) is 1. The van der Waals surface area contributed by atoms with E-state index in [9.17, 15) is 4.79 Å². The molecule has 1 spiro atoms.